The second-order valence-corrected chi connectivity index (χ2v) is 7.50. The molecule has 0 aliphatic rings. The van der Waals surface area contributed by atoms with Gasteiger partial charge in [-0.05, 0) is 17.5 Å². The Hall–Kier alpha value is -3.45. The first-order chi connectivity index (χ1) is 15.4. The summed E-state index contributed by atoms with van der Waals surface area (Å²) in [4.78, 5) is 37.2. The van der Waals surface area contributed by atoms with Crippen LogP contribution in [0.15, 0.2) is 73.3 Å². The van der Waals surface area contributed by atoms with Gasteiger partial charge in [-0.2, -0.15) is 0 Å². The number of amides is 2. The zero-order valence-electron chi connectivity index (χ0n) is 18.2. The van der Waals surface area contributed by atoms with Gasteiger partial charge < -0.3 is 20.5 Å². The Morgan fingerprint density at radius 3 is 2.19 bits per heavy atom. The minimum atomic E-state index is -1.08. The second kappa shape index (κ2) is 13.1. The molecule has 0 aliphatic carbocycles. The summed E-state index contributed by atoms with van der Waals surface area (Å²) in [6, 6.07) is 17.5. The average molecular weight is 439 g/mol. The Morgan fingerprint density at radius 2 is 1.62 bits per heavy atom. The van der Waals surface area contributed by atoms with Gasteiger partial charge >= 0.3 is 5.97 Å². The van der Waals surface area contributed by atoms with Crippen LogP contribution in [0.25, 0.3) is 0 Å². The van der Waals surface area contributed by atoms with E-state index in [-0.39, 0.29) is 31.8 Å². The van der Waals surface area contributed by atoms with E-state index in [2.05, 4.69) is 17.2 Å². The molecule has 0 fully saturated rings. The van der Waals surface area contributed by atoms with Gasteiger partial charge in [0.1, 0.15) is 6.04 Å². The van der Waals surface area contributed by atoms with Gasteiger partial charge in [-0.3, -0.25) is 14.4 Å². The van der Waals surface area contributed by atoms with E-state index >= 15 is 0 Å². The highest BCUT2D eigenvalue weighted by atomic mass is 16.5. The quantitative estimate of drug-likeness (QED) is 0.417. The zero-order chi connectivity index (χ0) is 23.3. The van der Waals surface area contributed by atoms with E-state index in [1.54, 1.807) is 7.11 Å². The van der Waals surface area contributed by atoms with E-state index in [9.17, 15) is 14.4 Å². The lowest BCUT2D eigenvalue weighted by molar-refractivity contribution is -0.141. The van der Waals surface area contributed by atoms with Crippen LogP contribution >= 0.6 is 0 Å². The van der Waals surface area contributed by atoms with Crippen molar-refractivity contribution in [1.82, 2.24) is 10.6 Å². The van der Waals surface area contributed by atoms with Crippen LogP contribution in [0.3, 0.4) is 0 Å². The van der Waals surface area contributed by atoms with Crippen LogP contribution in [0.1, 0.15) is 30.0 Å². The molecule has 2 aromatic carbocycles. The first-order valence-electron chi connectivity index (χ1n) is 10.5. The summed E-state index contributed by atoms with van der Waals surface area (Å²) in [5.41, 5.74) is 1.75. The molecule has 2 rings (SSSR count). The van der Waals surface area contributed by atoms with Crippen molar-refractivity contribution in [3.63, 3.8) is 0 Å². The van der Waals surface area contributed by atoms with Crippen molar-refractivity contribution < 1.29 is 24.2 Å². The van der Waals surface area contributed by atoms with Gasteiger partial charge in [0.05, 0.1) is 25.0 Å². The maximum absolute atomic E-state index is 13.2. The number of benzene rings is 2. The molecule has 7 heteroatoms. The maximum atomic E-state index is 13.2. The molecule has 3 atom stereocenters. The van der Waals surface area contributed by atoms with E-state index in [0.717, 1.165) is 11.1 Å². The van der Waals surface area contributed by atoms with Crippen LogP contribution in [0.5, 0.6) is 0 Å². The third-order valence-electron chi connectivity index (χ3n) is 5.01. The molecule has 0 aromatic heterocycles. The topological polar surface area (TPSA) is 105 Å². The zero-order valence-corrected chi connectivity index (χ0v) is 18.2. The van der Waals surface area contributed by atoms with Gasteiger partial charge in [0, 0.05) is 13.5 Å². The van der Waals surface area contributed by atoms with Crippen LogP contribution in [-0.2, 0) is 25.5 Å². The number of rotatable bonds is 13. The fraction of sp³-hybridized carbons (Fsp3) is 0.320. The third kappa shape index (κ3) is 8.00. The lowest BCUT2D eigenvalue weighted by atomic mass is 9.98. The standard InChI is InChI=1S/C25H30N2O5/c1-3-10-20(16-23(28)29)24(30)26-21(15-18-11-6-4-7-12-18)25(31)27-22(17-32-2)19-13-8-5-9-14-19/h3-9,11-14,20-22H,1,10,15-17H2,2H3,(H,26,30)(H,27,31)(H,28,29)/t20-,21+,22-/m1/s1. The minimum Gasteiger partial charge on any atom is -0.481 e. The van der Waals surface area contributed by atoms with Crippen LogP contribution in [0.4, 0.5) is 0 Å². The van der Waals surface area contributed by atoms with Crippen molar-refractivity contribution >= 4 is 17.8 Å². The monoisotopic (exact) mass is 438 g/mol. The number of nitrogens with one attached hydrogen (secondary N) is 2. The Balaban J connectivity index is 2.22. The minimum absolute atomic E-state index is 0.203. The van der Waals surface area contributed by atoms with Gasteiger partial charge in [0.2, 0.25) is 11.8 Å². The first-order valence-corrected chi connectivity index (χ1v) is 10.5. The normalized spacial score (nSPS) is 13.4. The fourth-order valence-electron chi connectivity index (χ4n) is 3.39. The van der Waals surface area contributed by atoms with Gasteiger partial charge in [-0.1, -0.05) is 66.7 Å². The predicted octanol–water partition coefficient (Wildman–Crippen LogP) is 2.88. The van der Waals surface area contributed by atoms with E-state index in [1.165, 1.54) is 6.08 Å². The number of hydrogen-bond acceptors (Lipinski definition) is 4. The number of hydrogen-bond donors (Lipinski definition) is 3. The summed E-state index contributed by atoms with van der Waals surface area (Å²) in [6.07, 6.45) is 1.63. The molecule has 0 spiro atoms. The fourth-order valence-corrected chi connectivity index (χ4v) is 3.39. The van der Waals surface area contributed by atoms with Gasteiger partial charge in [0.15, 0.2) is 0 Å². The van der Waals surface area contributed by atoms with E-state index in [4.69, 9.17) is 9.84 Å². The number of ether oxygens (including phenoxy) is 1. The van der Waals surface area contributed by atoms with Gasteiger partial charge in [0.25, 0.3) is 0 Å². The molecule has 0 unspecified atom stereocenters. The molecule has 0 heterocycles. The summed E-state index contributed by atoms with van der Waals surface area (Å²) in [5.74, 6) is -2.76. The Morgan fingerprint density at radius 1 is 1.00 bits per heavy atom. The highest BCUT2D eigenvalue weighted by Gasteiger charge is 2.28. The van der Waals surface area contributed by atoms with Crippen molar-refractivity contribution in [2.24, 2.45) is 5.92 Å². The molecule has 0 saturated heterocycles. The molecule has 0 aliphatic heterocycles. The smallest absolute Gasteiger partial charge is 0.304 e. The van der Waals surface area contributed by atoms with Crippen LogP contribution in [0, 0.1) is 5.92 Å². The molecule has 7 nitrogen and oxygen atoms in total. The number of carbonyl (C=O) groups excluding carboxylic acids is 2. The summed E-state index contributed by atoms with van der Waals surface area (Å²) in [5, 5.41) is 14.8. The lowest BCUT2D eigenvalue weighted by Gasteiger charge is -2.25. The number of methoxy groups -OCH3 is 1. The molecule has 0 radical (unpaired) electrons. The van der Waals surface area contributed by atoms with Crippen molar-refractivity contribution in [1.29, 1.82) is 0 Å². The van der Waals surface area contributed by atoms with Crippen molar-refractivity contribution in [3.05, 3.63) is 84.4 Å². The molecule has 0 bridgehead atoms. The number of allylic oxidation sites excluding steroid dienone is 1. The van der Waals surface area contributed by atoms with Crippen LogP contribution < -0.4 is 10.6 Å². The third-order valence-corrected chi connectivity index (χ3v) is 5.01. The van der Waals surface area contributed by atoms with Crippen LogP contribution in [-0.4, -0.2) is 42.6 Å². The Bertz CT molecular complexity index is 886. The predicted molar refractivity (Wildman–Crippen MR) is 122 cm³/mol. The Labute approximate surface area is 188 Å². The molecule has 2 aromatic rings. The number of carboxylic acids is 1. The second-order valence-electron chi connectivity index (χ2n) is 7.50. The lowest BCUT2D eigenvalue weighted by Crippen LogP contribution is -2.51. The largest absolute Gasteiger partial charge is 0.481 e. The van der Waals surface area contributed by atoms with Gasteiger partial charge in [-0.15, -0.1) is 6.58 Å². The summed E-state index contributed by atoms with van der Waals surface area (Å²) in [7, 11) is 1.55. The molecule has 170 valence electrons. The SMILES string of the molecule is C=CC[C@H](CC(=O)O)C(=O)N[C@@H](Cc1ccccc1)C(=O)N[C@H](COC)c1ccccc1. The molecule has 2 amide bonds. The van der Waals surface area contributed by atoms with E-state index in [0.29, 0.717) is 0 Å². The van der Waals surface area contributed by atoms with Crippen molar-refractivity contribution in [3.8, 4) is 0 Å². The van der Waals surface area contributed by atoms with E-state index < -0.39 is 29.9 Å². The molecular formula is C25H30N2O5. The highest BCUT2D eigenvalue weighted by Crippen LogP contribution is 2.15. The first kappa shape index (κ1) is 24.8. The molecular weight excluding hydrogens is 408 g/mol. The van der Waals surface area contributed by atoms with Crippen LogP contribution in [0.2, 0.25) is 0 Å². The summed E-state index contributed by atoms with van der Waals surface area (Å²) < 4.78 is 5.27. The molecule has 32 heavy (non-hydrogen) atoms. The van der Waals surface area contributed by atoms with Gasteiger partial charge in [-0.25, -0.2) is 0 Å². The molecule has 0 saturated carbocycles. The number of carboxylic acid groups (broad SMARTS) is 1. The van der Waals surface area contributed by atoms with Crippen molar-refractivity contribution in [2.45, 2.75) is 31.3 Å². The Kier molecular flexibility index (Phi) is 10.1. The number of carbonyl (C=O) groups is 3. The van der Waals surface area contributed by atoms with E-state index in [1.807, 2.05) is 60.7 Å². The number of aliphatic carboxylic acids is 1. The molecule has 3 N–H and O–H groups in total. The highest BCUT2D eigenvalue weighted by molar-refractivity contribution is 5.90. The summed E-state index contributed by atoms with van der Waals surface area (Å²) >= 11 is 0. The average Bonchev–Trinajstić information content (AvgIpc) is 2.79. The summed E-state index contributed by atoms with van der Waals surface area (Å²) in [6.45, 7) is 3.86. The van der Waals surface area contributed by atoms with Crippen molar-refractivity contribution in [2.75, 3.05) is 13.7 Å². The maximum Gasteiger partial charge on any atom is 0.304 e.